The molecule has 17 heavy (non-hydrogen) atoms. The molecule has 8 N–H and O–H groups in total. The summed E-state index contributed by atoms with van der Waals surface area (Å²) in [6, 6.07) is 0. The molecule has 0 radical (unpaired) electrons. The molecule has 0 aromatic heterocycles. The molecule has 0 aliphatic carbocycles. The van der Waals surface area contributed by atoms with Crippen LogP contribution in [0.1, 0.15) is 0 Å². The summed E-state index contributed by atoms with van der Waals surface area (Å²) in [7, 11) is -10.7. The van der Waals surface area contributed by atoms with Gasteiger partial charge in [-0.25, -0.2) is 0 Å². The van der Waals surface area contributed by atoms with Crippen LogP contribution >= 0.6 is 9.90 Å². The number of rotatable bonds is 0. The first-order valence-electron chi connectivity index (χ1n) is 2.94. The van der Waals surface area contributed by atoms with E-state index in [-0.39, 0.29) is 9.90 Å². The van der Waals surface area contributed by atoms with Gasteiger partial charge in [0.25, 0.3) is 0 Å². The van der Waals surface area contributed by atoms with Crippen LogP contribution in [-0.2, 0) is 0 Å². The lowest BCUT2D eigenvalue weighted by atomic mass is 10.3. The highest BCUT2D eigenvalue weighted by Crippen LogP contribution is 1.58. The summed E-state index contributed by atoms with van der Waals surface area (Å²) in [5, 5.41) is 55.6. The molecule has 0 rings (SSSR count). The van der Waals surface area contributed by atoms with Crippen LogP contribution in [0, 0.1) is 0 Å². The maximum atomic E-state index is 10.1. The van der Waals surface area contributed by atoms with Gasteiger partial charge in [-0.05, 0) is 0 Å². The maximum Gasteiger partial charge on any atom is 0.674 e. The Labute approximate surface area is 97.9 Å². The van der Waals surface area contributed by atoms with E-state index in [2.05, 4.69) is 0 Å². The fourth-order valence-corrected chi connectivity index (χ4v) is 0. The molecule has 0 saturated heterocycles. The molecule has 0 bridgehead atoms. The predicted molar refractivity (Wildman–Crippen MR) is 56.3 cm³/mol. The summed E-state index contributed by atoms with van der Waals surface area (Å²) < 4.78 is 40.4. The third kappa shape index (κ3) is 397000. The first-order valence-corrected chi connectivity index (χ1v) is 2.94. The highest BCUT2D eigenvalue weighted by Gasteiger charge is 1.98. The first kappa shape index (κ1) is 30.3. The summed E-state index contributed by atoms with van der Waals surface area (Å²) in [4.78, 5) is 0. The van der Waals surface area contributed by atoms with Crippen molar-refractivity contribution in [2.24, 2.45) is 0 Å². The van der Waals surface area contributed by atoms with Crippen LogP contribution in [0.15, 0.2) is 0 Å². The summed E-state index contributed by atoms with van der Waals surface area (Å²) >= 11 is 0. The second-order valence-corrected chi connectivity index (χ2v) is 1.24. The van der Waals surface area contributed by atoms with Crippen LogP contribution < -0.4 is 0 Å². The fourth-order valence-electron chi connectivity index (χ4n) is 0. The molecule has 0 aliphatic heterocycles. The average molecular weight is 289 g/mol. The van der Waals surface area contributed by atoms with Gasteiger partial charge in [-0.15, -0.1) is 0 Å². The standard InChI is InChI=1S/4BFH2O2.H3P/c4*2-1(3)4;/h4*3-4H;1H3. The van der Waals surface area contributed by atoms with Gasteiger partial charge >= 0.3 is 29.6 Å². The third-order valence-electron chi connectivity index (χ3n) is 0. The van der Waals surface area contributed by atoms with E-state index in [1.165, 1.54) is 0 Å². The molecule has 0 amide bonds. The van der Waals surface area contributed by atoms with Crippen LogP contribution in [0.2, 0.25) is 0 Å². The molecule has 0 heterocycles. The monoisotopic (exact) mass is 290 g/mol. The summed E-state index contributed by atoms with van der Waals surface area (Å²) in [5.41, 5.74) is 0. The fraction of sp³-hybridized carbons (Fsp3) is 0. The molecule has 1 atom stereocenters. The Hall–Kier alpha value is 0.0897. The summed E-state index contributed by atoms with van der Waals surface area (Å²) in [6.07, 6.45) is 0. The molecule has 8 nitrogen and oxygen atoms in total. The lowest BCUT2D eigenvalue weighted by molar-refractivity contribution is 0.338. The van der Waals surface area contributed by atoms with Crippen molar-refractivity contribution in [2.45, 2.75) is 0 Å². The Morgan fingerprint density at radius 2 is 0.412 bits per heavy atom. The lowest BCUT2D eigenvalue weighted by Gasteiger charge is -1.65. The van der Waals surface area contributed by atoms with Crippen molar-refractivity contribution < 1.29 is 57.5 Å². The second kappa shape index (κ2) is 25.1. The van der Waals surface area contributed by atoms with Crippen molar-refractivity contribution in [1.29, 1.82) is 0 Å². The van der Waals surface area contributed by atoms with E-state index < -0.39 is 29.6 Å². The van der Waals surface area contributed by atoms with Crippen molar-refractivity contribution in [3.05, 3.63) is 0 Å². The van der Waals surface area contributed by atoms with E-state index in [9.17, 15) is 17.3 Å². The van der Waals surface area contributed by atoms with Gasteiger partial charge in [0.05, 0.1) is 0 Å². The van der Waals surface area contributed by atoms with E-state index >= 15 is 0 Å². The largest absolute Gasteiger partial charge is 0.674 e. The van der Waals surface area contributed by atoms with E-state index in [0.29, 0.717) is 0 Å². The molecule has 1 unspecified atom stereocenters. The molecule has 0 aromatic carbocycles. The minimum Gasteiger partial charge on any atom is -0.398 e. The van der Waals surface area contributed by atoms with E-state index in [1.54, 1.807) is 0 Å². The van der Waals surface area contributed by atoms with Gasteiger partial charge in [0.2, 0.25) is 0 Å². The van der Waals surface area contributed by atoms with Crippen molar-refractivity contribution in [3.63, 3.8) is 0 Å². The zero-order chi connectivity index (χ0) is 14.3. The van der Waals surface area contributed by atoms with Gasteiger partial charge < -0.3 is 40.2 Å². The highest BCUT2D eigenvalue weighted by molar-refractivity contribution is 6.92. The molecule has 0 fully saturated rings. The van der Waals surface area contributed by atoms with Crippen LogP contribution in [-0.4, -0.2) is 69.8 Å². The van der Waals surface area contributed by atoms with Crippen LogP contribution in [0.25, 0.3) is 0 Å². The Bertz CT molecular complexity index is 72.5. The Kier molecular flexibility index (Phi) is 44.6. The van der Waals surface area contributed by atoms with Gasteiger partial charge in [-0.3, -0.25) is 17.3 Å². The Balaban J connectivity index is -0.0000000369. The average Bonchev–Trinajstić information content (AvgIpc) is 1.76. The van der Waals surface area contributed by atoms with Crippen molar-refractivity contribution in [2.75, 3.05) is 0 Å². The van der Waals surface area contributed by atoms with Gasteiger partial charge in [-0.1, -0.05) is 0 Å². The van der Waals surface area contributed by atoms with E-state index in [4.69, 9.17) is 40.2 Å². The van der Waals surface area contributed by atoms with Crippen molar-refractivity contribution in [3.8, 4) is 0 Å². The second-order valence-electron chi connectivity index (χ2n) is 1.24. The highest BCUT2D eigenvalue weighted by atomic mass is 31.0. The van der Waals surface area contributed by atoms with Crippen molar-refractivity contribution in [1.82, 2.24) is 0 Å². The molecule has 0 aromatic rings. The third-order valence-corrected chi connectivity index (χ3v) is 0. The van der Waals surface area contributed by atoms with Crippen LogP contribution in [0.4, 0.5) is 17.3 Å². The first-order chi connectivity index (χ1) is 6.93. The smallest absolute Gasteiger partial charge is 0.398 e. The molecule has 104 valence electrons. The van der Waals surface area contributed by atoms with Gasteiger partial charge in [0.1, 0.15) is 0 Å². The number of hydrogen-bond acceptors (Lipinski definition) is 8. The molecule has 17 heteroatoms. The van der Waals surface area contributed by atoms with E-state index in [0.717, 1.165) is 0 Å². The quantitative estimate of drug-likeness (QED) is 0.126. The van der Waals surface area contributed by atoms with Crippen LogP contribution in [0.3, 0.4) is 0 Å². The van der Waals surface area contributed by atoms with Gasteiger partial charge in [0.15, 0.2) is 0 Å². The summed E-state index contributed by atoms with van der Waals surface area (Å²) in [5.74, 6) is 0. The zero-order valence-corrected chi connectivity index (χ0v) is 9.52. The maximum absolute atomic E-state index is 10.1. The topological polar surface area (TPSA) is 162 Å². The molecule has 0 saturated carbocycles. The number of halogens is 4. The SMILES string of the molecule is OB(O)F.OB(O)F.OB(O)F.OB(O)F.P. The minimum absolute atomic E-state index is 0. The molecule has 0 spiro atoms. The molecular weight excluding hydrogens is 278 g/mol. The molecular formula is H11B4F4O8P. The predicted octanol–water partition coefficient (Wildman–Crippen LogP) is -4.24. The Morgan fingerprint density at radius 1 is 0.412 bits per heavy atom. The summed E-state index contributed by atoms with van der Waals surface area (Å²) in [6.45, 7) is 0. The number of hydrogen-bond donors (Lipinski definition) is 8. The van der Waals surface area contributed by atoms with Crippen molar-refractivity contribution >= 4 is 39.5 Å². The van der Waals surface area contributed by atoms with Crippen LogP contribution in [0.5, 0.6) is 0 Å². The Morgan fingerprint density at radius 3 is 0.412 bits per heavy atom. The van der Waals surface area contributed by atoms with Gasteiger partial charge in [-0.2, -0.15) is 9.90 Å². The zero-order valence-electron chi connectivity index (χ0n) is 8.11. The minimum atomic E-state index is -2.67. The van der Waals surface area contributed by atoms with E-state index in [1.807, 2.05) is 0 Å². The lowest BCUT2D eigenvalue weighted by Crippen LogP contribution is -1.98. The normalized spacial score (nSPS) is 6.35. The van der Waals surface area contributed by atoms with Gasteiger partial charge in [0, 0.05) is 0 Å². The molecule has 0 aliphatic rings.